The molecule has 1 aliphatic rings. The Kier molecular flexibility index (Phi) is 5.97. The van der Waals surface area contributed by atoms with E-state index in [0.717, 1.165) is 30.7 Å². The second-order valence-corrected chi connectivity index (χ2v) is 6.96. The molecule has 4 rings (SSSR count). The van der Waals surface area contributed by atoms with Crippen molar-refractivity contribution in [3.63, 3.8) is 0 Å². The number of para-hydroxylation sites is 1. The highest BCUT2D eigenvalue weighted by molar-refractivity contribution is 6.02. The van der Waals surface area contributed by atoms with Crippen LogP contribution in [0.3, 0.4) is 0 Å². The van der Waals surface area contributed by atoms with Gasteiger partial charge in [-0.25, -0.2) is 4.68 Å². The van der Waals surface area contributed by atoms with Crippen LogP contribution in [0, 0.1) is 11.3 Å². The van der Waals surface area contributed by atoms with E-state index in [9.17, 15) is 10.1 Å². The third-order valence-electron chi connectivity index (χ3n) is 4.90. The maximum Gasteiger partial charge on any atom is 0.262 e. The van der Waals surface area contributed by atoms with Gasteiger partial charge in [0.1, 0.15) is 17.3 Å². The monoisotopic (exact) mass is 399 g/mol. The molecular weight excluding hydrogens is 378 g/mol. The average Bonchev–Trinajstić information content (AvgIpc) is 3.47. The summed E-state index contributed by atoms with van der Waals surface area (Å²) < 4.78 is 7.26. The van der Waals surface area contributed by atoms with Crippen LogP contribution in [0.4, 0.5) is 0 Å². The number of nitrogens with one attached hydrogen (secondary N) is 1. The van der Waals surface area contributed by atoms with Gasteiger partial charge in [-0.1, -0.05) is 18.2 Å². The van der Waals surface area contributed by atoms with Crippen LogP contribution < -0.4 is 5.32 Å². The molecule has 2 aromatic heterocycles. The topological polar surface area (TPSA) is 92.8 Å². The van der Waals surface area contributed by atoms with Crippen molar-refractivity contribution in [1.29, 1.82) is 5.26 Å². The van der Waals surface area contributed by atoms with Crippen LogP contribution >= 0.6 is 0 Å². The summed E-state index contributed by atoms with van der Waals surface area (Å²) in [6, 6.07) is 15.4. The Morgan fingerprint density at radius 2 is 2.07 bits per heavy atom. The first kappa shape index (κ1) is 19.6. The first-order valence-electron chi connectivity index (χ1n) is 9.81. The lowest BCUT2D eigenvalue weighted by Gasteiger charge is -2.10. The predicted molar refractivity (Wildman–Crippen MR) is 112 cm³/mol. The third kappa shape index (κ3) is 4.45. The molecule has 1 N–H and O–H groups in total. The summed E-state index contributed by atoms with van der Waals surface area (Å²) in [5.41, 5.74) is 3.10. The molecule has 30 heavy (non-hydrogen) atoms. The van der Waals surface area contributed by atoms with Crippen molar-refractivity contribution in [3.8, 4) is 23.0 Å². The van der Waals surface area contributed by atoms with Crippen LogP contribution in [-0.4, -0.2) is 39.9 Å². The fraction of sp³-hybridized carbons (Fsp3) is 0.217. The zero-order valence-corrected chi connectivity index (χ0v) is 16.4. The zero-order chi connectivity index (χ0) is 20.8. The normalized spacial score (nSPS) is 16.2. The molecule has 1 amide bonds. The van der Waals surface area contributed by atoms with Crippen molar-refractivity contribution in [2.45, 2.75) is 18.9 Å². The lowest BCUT2D eigenvalue weighted by Crippen LogP contribution is -2.32. The van der Waals surface area contributed by atoms with Crippen molar-refractivity contribution in [2.75, 3.05) is 13.2 Å². The smallest absolute Gasteiger partial charge is 0.262 e. The van der Waals surface area contributed by atoms with Gasteiger partial charge in [-0.05, 0) is 43.2 Å². The molecule has 0 spiro atoms. The number of amides is 1. The van der Waals surface area contributed by atoms with E-state index in [4.69, 9.17) is 4.74 Å². The molecule has 1 fully saturated rings. The Morgan fingerprint density at radius 3 is 2.77 bits per heavy atom. The van der Waals surface area contributed by atoms with Crippen LogP contribution in [0.15, 0.2) is 66.6 Å². The molecule has 7 nitrogen and oxygen atoms in total. The van der Waals surface area contributed by atoms with Gasteiger partial charge < -0.3 is 10.1 Å². The minimum absolute atomic E-state index is 0.0158. The molecule has 1 aromatic carbocycles. The van der Waals surface area contributed by atoms with Crippen LogP contribution in [0.1, 0.15) is 18.4 Å². The number of nitrogens with zero attached hydrogens (tertiary/aromatic N) is 4. The van der Waals surface area contributed by atoms with Gasteiger partial charge in [0.05, 0.1) is 11.8 Å². The molecule has 150 valence electrons. The number of hydrogen-bond acceptors (Lipinski definition) is 5. The van der Waals surface area contributed by atoms with E-state index in [0.29, 0.717) is 17.8 Å². The van der Waals surface area contributed by atoms with Crippen molar-refractivity contribution >= 4 is 12.0 Å². The number of pyridine rings is 1. The van der Waals surface area contributed by atoms with Gasteiger partial charge in [0.2, 0.25) is 0 Å². The van der Waals surface area contributed by atoms with E-state index in [1.807, 2.05) is 54.7 Å². The summed E-state index contributed by atoms with van der Waals surface area (Å²) in [6.07, 6.45) is 8.69. The lowest BCUT2D eigenvalue weighted by molar-refractivity contribution is -0.117. The van der Waals surface area contributed by atoms with Crippen LogP contribution in [0.2, 0.25) is 0 Å². The van der Waals surface area contributed by atoms with Gasteiger partial charge in [-0.2, -0.15) is 10.4 Å². The number of carbonyl (C=O) groups excluding carboxylic acids is 1. The summed E-state index contributed by atoms with van der Waals surface area (Å²) in [5, 5.41) is 17.1. The number of nitriles is 1. The Bertz CT molecular complexity index is 1080. The molecule has 0 aliphatic carbocycles. The first-order chi connectivity index (χ1) is 14.7. The summed E-state index contributed by atoms with van der Waals surface area (Å²) in [6.45, 7) is 1.12. The third-order valence-corrected chi connectivity index (χ3v) is 4.90. The number of carbonyl (C=O) groups is 1. The first-order valence-corrected chi connectivity index (χ1v) is 9.81. The molecule has 7 heteroatoms. The van der Waals surface area contributed by atoms with Crippen molar-refractivity contribution in [1.82, 2.24) is 20.1 Å². The fourth-order valence-corrected chi connectivity index (χ4v) is 3.35. The highest BCUT2D eigenvalue weighted by Gasteiger charge is 2.19. The largest absolute Gasteiger partial charge is 0.376 e. The highest BCUT2D eigenvalue weighted by Crippen LogP contribution is 2.25. The number of benzene rings is 1. The molecule has 1 saturated heterocycles. The Hall–Kier alpha value is -3.76. The second kappa shape index (κ2) is 9.16. The zero-order valence-electron chi connectivity index (χ0n) is 16.4. The second-order valence-electron chi connectivity index (χ2n) is 6.96. The standard InChI is InChI=1S/C23H21N5O2/c24-14-18(23(29)26-15-21-7-4-12-30-21)13-19-16-28(20-5-2-1-3-6-20)27-22(19)17-8-10-25-11-9-17/h1-3,5-6,8-11,13,16,21H,4,7,12,15H2,(H,26,29). The van der Waals surface area contributed by atoms with Gasteiger partial charge in [0.15, 0.2) is 0 Å². The van der Waals surface area contributed by atoms with Gasteiger partial charge in [-0.3, -0.25) is 9.78 Å². The highest BCUT2D eigenvalue weighted by atomic mass is 16.5. The quantitative estimate of drug-likeness (QED) is 0.508. The fourth-order valence-electron chi connectivity index (χ4n) is 3.35. The van der Waals surface area contributed by atoms with E-state index in [2.05, 4.69) is 15.4 Å². The summed E-state index contributed by atoms with van der Waals surface area (Å²) >= 11 is 0. The van der Waals surface area contributed by atoms with Gasteiger partial charge >= 0.3 is 0 Å². The van der Waals surface area contributed by atoms with Crippen molar-refractivity contribution in [3.05, 3.63) is 72.2 Å². The lowest BCUT2D eigenvalue weighted by atomic mass is 10.1. The van der Waals surface area contributed by atoms with Crippen LogP contribution in [0.25, 0.3) is 23.0 Å². The Balaban J connectivity index is 1.66. The summed E-state index contributed by atoms with van der Waals surface area (Å²) in [5.74, 6) is -0.416. The van der Waals surface area contributed by atoms with E-state index in [1.54, 1.807) is 23.2 Å². The molecule has 0 radical (unpaired) electrons. The number of ether oxygens (including phenoxy) is 1. The van der Waals surface area contributed by atoms with Gasteiger partial charge in [0.25, 0.3) is 5.91 Å². The molecular formula is C23H21N5O2. The molecule has 1 aliphatic heterocycles. The summed E-state index contributed by atoms with van der Waals surface area (Å²) in [4.78, 5) is 16.6. The number of aromatic nitrogens is 3. The van der Waals surface area contributed by atoms with Crippen LogP contribution in [-0.2, 0) is 9.53 Å². The van der Waals surface area contributed by atoms with E-state index < -0.39 is 5.91 Å². The Labute approximate surface area is 174 Å². The molecule has 3 aromatic rings. The summed E-state index contributed by atoms with van der Waals surface area (Å²) in [7, 11) is 0. The average molecular weight is 399 g/mol. The molecule has 1 unspecified atom stereocenters. The van der Waals surface area contributed by atoms with E-state index in [-0.39, 0.29) is 11.7 Å². The maximum atomic E-state index is 12.6. The minimum atomic E-state index is -0.416. The molecule has 1 atom stereocenters. The van der Waals surface area contributed by atoms with Crippen molar-refractivity contribution < 1.29 is 9.53 Å². The predicted octanol–water partition coefficient (Wildman–Crippen LogP) is 3.14. The van der Waals surface area contributed by atoms with Crippen molar-refractivity contribution in [2.24, 2.45) is 0 Å². The van der Waals surface area contributed by atoms with Gasteiger partial charge in [0, 0.05) is 42.9 Å². The number of rotatable bonds is 6. The molecule has 0 bridgehead atoms. The van der Waals surface area contributed by atoms with E-state index >= 15 is 0 Å². The Morgan fingerprint density at radius 1 is 1.27 bits per heavy atom. The molecule has 3 heterocycles. The number of hydrogen-bond donors (Lipinski definition) is 1. The minimum Gasteiger partial charge on any atom is -0.376 e. The molecule has 0 saturated carbocycles. The van der Waals surface area contributed by atoms with Gasteiger partial charge in [-0.15, -0.1) is 0 Å². The SMILES string of the molecule is N#CC(=Cc1cn(-c2ccccc2)nc1-c1ccncc1)C(=O)NCC1CCCO1. The van der Waals surface area contributed by atoms with Crippen LogP contribution in [0.5, 0.6) is 0 Å². The maximum absolute atomic E-state index is 12.6. The van der Waals surface area contributed by atoms with E-state index in [1.165, 1.54) is 0 Å².